The number of benzene rings is 2. The smallest absolute Gasteiger partial charge is 0.265 e. The first-order valence-corrected chi connectivity index (χ1v) is 10.2. The molecule has 29 heavy (non-hydrogen) atoms. The van der Waals surface area contributed by atoms with Crippen LogP contribution in [0.3, 0.4) is 0 Å². The molecule has 0 saturated carbocycles. The second kappa shape index (κ2) is 8.68. The van der Waals surface area contributed by atoms with Crippen molar-refractivity contribution in [2.45, 2.75) is 52.1 Å². The van der Waals surface area contributed by atoms with Crippen LogP contribution in [-0.4, -0.2) is 35.9 Å². The van der Waals surface area contributed by atoms with E-state index in [1.807, 2.05) is 41.3 Å². The third kappa shape index (κ3) is 5.17. The average Bonchev–Trinajstić information content (AvgIpc) is 3.22. The third-order valence-electron chi connectivity index (χ3n) is 5.21. The number of para-hydroxylation sites is 1. The van der Waals surface area contributed by atoms with Gasteiger partial charge in [-0.2, -0.15) is 0 Å². The van der Waals surface area contributed by atoms with Gasteiger partial charge in [0.2, 0.25) is 0 Å². The normalized spacial score (nSPS) is 15.1. The van der Waals surface area contributed by atoms with Crippen LogP contribution in [0.4, 0.5) is 5.69 Å². The van der Waals surface area contributed by atoms with Crippen LogP contribution >= 0.6 is 0 Å². The van der Waals surface area contributed by atoms with Crippen molar-refractivity contribution in [3.63, 3.8) is 0 Å². The molecule has 1 fully saturated rings. The number of amides is 2. The van der Waals surface area contributed by atoms with E-state index in [-0.39, 0.29) is 17.2 Å². The van der Waals surface area contributed by atoms with Crippen molar-refractivity contribution in [3.05, 3.63) is 59.7 Å². The number of likely N-dealkylation sites (tertiary alicyclic amines) is 1. The van der Waals surface area contributed by atoms with Gasteiger partial charge in [0.05, 0.1) is 11.3 Å². The highest BCUT2D eigenvalue weighted by atomic mass is 16.5. The number of nitrogens with zero attached hydrogens (tertiary/aromatic N) is 1. The first-order chi connectivity index (χ1) is 13.8. The minimum absolute atomic E-state index is 0.0373. The first kappa shape index (κ1) is 20.9. The molecule has 0 aliphatic carbocycles. The lowest BCUT2D eigenvalue weighted by Crippen LogP contribution is -2.32. The Balaban J connectivity index is 1.66. The molecule has 5 nitrogen and oxygen atoms in total. The third-order valence-corrected chi connectivity index (χ3v) is 5.21. The van der Waals surface area contributed by atoms with Gasteiger partial charge in [0.25, 0.3) is 11.8 Å². The van der Waals surface area contributed by atoms with Gasteiger partial charge in [-0.1, -0.05) is 45.0 Å². The number of rotatable bonds is 5. The maximum atomic E-state index is 12.8. The van der Waals surface area contributed by atoms with Gasteiger partial charge in [0.1, 0.15) is 5.75 Å². The maximum absolute atomic E-state index is 12.8. The zero-order chi connectivity index (χ0) is 21.0. The van der Waals surface area contributed by atoms with E-state index in [0.29, 0.717) is 17.0 Å². The van der Waals surface area contributed by atoms with E-state index in [0.717, 1.165) is 25.9 Å². The Morgan fingerprint density at radius 3 is 2.24 bits per heavy atom. The van der Waals surface area contributed by atoms with Crippen LogP contribution in [0, 0.1) is 0 Å². The van der Waals surface area contributed by atoms with Crippen molar-refractivity contribution in [3.8, 4) is 5.75 Å². The van der Waals surface area contributed by atoms with Crippen molar-refractivity contribution in [1.82, 2.24) is 4.90 Å². The summed E-state index contributed by atoms with van der Waals surface area (Å²) >= 11 is 0. The monoisotopic (exact) mass is 394 g/mol. The molecule has 1 N–H and O–H groups in total. The molecule has 2 aromatic carbocycles. The predicted molar refractivity (Wildman–Crippen MR) is 115 cm³/mol. The van der Waals surface area contributed by atoms with E-state index in [4.69, 9.17) is 4.74 Å². The number of hydrogen-bond donors (Lipinski definition) is 1. The standard InChI is InChI=1S/C24H30N2O3/c1-17(29-19-13-11-18(12-14-19)24(2,3)4)22(27)25-21-10-6-5-9-20(21)23(28)26-15-7-8-16-26/h5-6,9-14,17H,7-8,15-16H2,1-4H3,(H,25,27)/t17-/m1/s1. The highest BCUT2D eigenvalue weighted by molar-refractivity contribution is 6.04. The lowest BCUT2D eigenvalue weighted by molar-refractivity contribution is -0.122. The molecule has 154 valence electrons. The largest absolute Gasteiger partial charge is 0.481 e. The van der Waals surface area contributed by atoms with Crippen LogP contribution in [-0.2, 0) is 10.2 Å². The number of hydrogen-bond acceptors (Lipinski definition) is 3. The fraction of sp³-hybridized carbons (Fsp3) is 0.417. The molecule has 0 radical (unpaired) electrons. The molecule has 2 amide bonds. The van der Waals surface area contributed by atoms with E-state index in [9.17, 15) is 9.59 Å². The Labute approximate surface area is 173 Å². The van der Waals surface area contributed by atoms with Crippen LogP contribution in [0.15, 0.2) is 48.5 Å². The molecule has 2 aromatic rings. The van der Waals surface area contributed by atoms with Crippen molar-refractivity contribution < 1.29 is 14.3 Å². The van der Waals surface area contributed by atoms with Gasteiger partial charge in [-0.05, 0) is 55.0 Å². The summed E-state index contributed by atoms with van der Waals surface area (Å²) in [6.07, 6.45) is 1.36. The number of ether oxygens (including phenoxy) is 1. The lowest BCUT2D eigenvalue weighted by atomic mass is 9.87. The summed E-state index contributed by atoms with van der Waals surface area (Å²) in [4.78, 5) is 27.3. The Hall–Kier alpha value is -2.82. The highest BCUT2D eigenvalue weighted by Crippen LogP contribution is 2.25. The summed E-state index contributed by atoms with van der Waals surface area (Å²) in [7, 11) is 0. The van der Waals surface area contributed by atoms with Crippen LogP contribution in [0.25, 0.3) is 0 Å². The van der Waals surface area contributed by atoms with Gasteiger partial charge >= 0.3 is 0 Å². The molecule has 1 atom stereocenters. The second-order valence-electron chi connectivity index (χ2n) is 8.57. The van der Waals surface area contributed by atoms with Crippen LogP contribution < -0.4 is 10.1 Å². The molecule has 0 spiro atoms. The average molecular weight is 395 g/mol. The van der Waals surface area contributed by atoms with Gasteiger partial charge in [0, 0.05) is 13.1 Å². The van der Waals surface area contributed by atoms with Crippen molar-refractivity contribution in [2.24, 2.45) is 0 Å². The minimum Gasteiger partial charge on any atom is -0.481 e. The molecule has 1 heterocycles. The first-order valence-electron chi connectivity index (χ1n) is 10.2. The number of carbonyl (C=O) groups is 2. The summed E-state index contributed by atoms with van der Waals surface area (Å²) in [5.41, 5.74) is 2.31. The van der Waals surface area contributed by atoms with Crippen LogP contribution in [0.5, 0.6) is 5.75 Å². The van der Waals surface area contributed by atoms with Gasteiger partial charge in [-0.15, -0.1) is 0 Å². The second-order valence-corrected chi connectivity index (χ2v) is 8.57. The molecular formula is C24H30N2O3. The van der Waals surface area contributed by atoms with E-state index >= 15 is 0 Å². The Morgan fingerprint density at radius 2 is 1.62 bits per heavy atom. The van der Waals surface area contributed by atoms with E-state index in [1.165, 1.54) is 5.56 Å². The molecule has 0 aromatic heterocycles. The predicted octanol–water partition coefficient (Wildman–Crippen LogP) is 4.63. The van der Waals surface area contributed by atoms with E-state index < -0.39 is 6.10 Å². The molecule has 1 saturated heterocycles. The topological polar surface area (TPSA) is 58.6 Å². The molecule has 5 heteroatoms. The Morgan fingerprint density at radius 1 is 1.00 bits per heavy atom. The fourth-order valence-corrected chi connectivity index (χ4v) is 3.39. The van der Waals surface area contributed by atoms with Gasteiger partial charge in [-0.25, -0.2) is 0 Å². The molecule has 1 aliphatic rings. The van der Waals surface area contributed by atoms with E-state index in [1.54, 1.807) is 19.1 Å². The Kier molecular flexibility index (Phi) is 6.26. The zero-order valence-electron chi connectivity index (χ0n) is 17.7. The quantitative estimate of drug-likeness (QED) is 0.805. The summed E-state index contributed by atoms with van der Waals surface area (Å²) < 4.78 is 5.81. The Bertz CT molecular complexity index is 862. The van der Waals surface area contributed by atoms with Crippen molar-refractivity contribution in [1.29, 1.82) is 0 Å². The van der Waals surface area contributed by atoms with Crippen LogP contribution in [0.1, 0.15) is 56.5 Å². The molecule has 0 bridgehead atoms. The van der Waals surface area contributed by atoms with E-state index in [2.05, 4.69) is 26.1 Å². The summed E-state index contributed by atoms with van der Waals surface area (Å²) in [6, 6.07) is 14.9. The molecule has 0 unspecified atom stereocenters. The number of carbonyl (C=O) groups excluding carboxylic acids is 2. The molecule has 3 rings (SSSR count). The zero-order valence-corrected chi connectivity index (χ0v) is 17.7. The highest BCUT2D eigenvalue weighted by Gasteiger charge is 2.23. The minimum atomic E-state index is -0.689. The van der Waals surface area contributed by atoms with Crippen molar-refractivity contribution in [2.75, 3.05) is 18.4 Å². The molecular weight excluding hydrogens is 364 g/mol. The lowest BCUT2D eigenvalue weighted by Gasteiger charge is -2.21. The SMILES string of the molecule is C[C@@H](Oc1ccc(C(C)(C)C)cc1)C(=O)Nc1ccccc1C(=O)N1CCCC1. The summed E-state index contributed by atoms with van der Waals surface area (Å²) in [5, 5.41) is 2.86. The fourth-order valence-electron chi connectivity index (χ4n) is 3.39. The summed E-state index contributed by atoms with van der Waals surface area (Å²) in [6.45, 7) is 9.70. The number of nitrogens with one attached hydrogen (secondary N) is 1. The van der Waals surface area contributed by atoms with Crippen LogP contribution in [0.2, 0.25) is 0 Å². The number of anilines is 1. The summed E-state index contributed by atoms with van der Waals surface area (Å²) in [5.74, 6) is 0.318. The molecule has 1 aliphatic heterocycles. The van der Waals surface area contributed by atoms with Crippen molar-refractivity contribution >= 4 is 17.5 Å². The maximum Gasteiger partial charge on any atom is 0.265 e. The van der Waals surface area contributed by atoms with Gasteiger partial charge in [0.15, 0.2) is 6.10 Å². The van der Waals surface area contributed by atoms with Gasteiger partial charge < -0.3 is 15.0 Å². The van der Waals surface area contributed by atoms with Gasteiger partial charge in [-0.3, -0.25) is 9.59 Å².